The first-order valence-corrected chi connectivity index (χ1v) is 9.21. The molecule has 27 heavy (non-hydrogen) atoms. The van der Waals surface area contributed by atoms with Crippen LogP contribution in [-0.2, 0) is 11.2 Å². The molecule has 0 unspecified atom stereocenters. The van der Waals surface area contributed by atoms with Gasteiger partial charge in [0, 0.05) is 12.5 Å². The highest BCUT2D eigenvalue weighted by atomic mass is 16.2. The molecule has 2 N–H and O–H groups in total. The summed E-state index contributed by atoms with van der Waals surface area (Å²) in [5, 5.41) is 8.09. The molecule has 0 heterocycles. The molecule has 3 aromatic rings. The Kier molecular flexibility index (Phi) is 5.87. The molecule has 3 rings (SSSR count). The van der Waals surface area contributed by atoms with E-state index in [0.29, 0.717) is 24.1 Å². The van der Waals surface area contributed by atoms with Gasteiger partial charge in [-0.2, -0.15) is 0 Å². The van der Waals surface area contributed by atoms with E-state index in [-0.39, 0.29) is 17.9 Å². The molecule has 0 atom stereocenters. The minimum atomic E-state index is -0.185. The number of hydrogen-bond acceptors (Lipinski definition) is 2. The molecule has 0 aliphatic heterocycles. The molecular weight excluding hydrogens is 336 g/mol. The normalized spacial score (nSPS) is 10.8. The number of amides is 2. The maximum atomic E-state index is 12.5. The molecule has 4 nitrogen and oxygen atoms in total. The van der Waals surface area contributed by atoms with Gasteiger partial charge in [-0.25, -0.2) is 0 Å². The number of rotatable bonds is 6. The van der Waals surface area contributed by atoms with Crippen LogP contribution in [0.15, 0.2) is 66.7 Å². The summed E-state index contributed by atoms with van der Waals surface area (Å²) in [7, 11) is 0. The van der Waals surface area contributed by atoms with E-state index in [1.54, 1.807) is 18.2 Å². The lowest BCUT2D eigenvalue weighted by Gasteiger charge is -2.13. The Morgan fingerprint density at radius 2 is 1.59 bits per heavy atom. The molecule has 0 aliphatic carbocycles. The molecule has 0 bridgehead atoms. The van der Waals surface area contributed by atoms with Crippen molar-refractivity contribution in [1.82, 2.24) is 5.32 Å². The van der Waals surface area contributed by atoms with Gasteiger partial charge in [0.1, 0.15) is 0 Å². The van der Waals surface area contributed by atoms with Crippen LogP contribution in [0.2, 0.25) is 0 Å². The van der Waals surface area contributed by atoms with Crippen molar-refractivity contribution in [3.05, 3.63) is 77.9 Å². The monoisotopic (exact) mass is 360 g/mol. The summed E-state index contributed by atoms with van der Waals surface area (Å²) in [5.74, 6) is -0.289. The summed E-state index contributed by atoms with van der Waals surface area (Å²) >= 11 is 0. The van der Waals surface area contributed by atoms with E-state index in [1.807, 2.05) is 38.1 Å². The van der Waals surface area contributed by atoms with Gasteiger partial charge in [0.15, 0.2) is 0 Å². The molecule has 0 radical (unpaired) electrons. The predicted octanol–water partition coefficient (Wildman–Crippen LogP) is 4.55. The summed E-state index contributed by atoms with van der Waals surface area (Å²) in [6.45, 7) is 3.81. The van der Waals surface area contributed by atoms with Crippen molar-refractivity contribution in [1.29, 1.82) is 0 Å². The van der Waals surface area contributed by atoms with E-state index in [1.165, 1.54) is 10.8 Å². The van der Waals surface area contributed by atoms with Gasteiger partial charge in [0.25, 0.3) is 5.91 Å². The molecule has 138 valence electrons. The van der Waals surface area contributed by atoms with Crippen LogP contribution in [0.4, 0.5) is 5.69 Å². The zero-order valence-electron chi connectivity index (χ0n) is 15.7. The van der Waals surface area contributed by atoms with Crippen LogP contribution in [0, 0.1) is 0 Å². The Morgan fingerprint density at radius 3 is 2.41 bits per heavy atom. The number of para-hydroxylation sites is 1. The fraction of sp³-hybridized carbons (Fsp3) is 0.217. The summed E-state index contributed by atoms with van der Waals surface area (Å²) in [5.41, 5.74) is 2.16. The maximum Gasteiger partial charge on any atom is 0.253 e. The predicted molar refractivity (Wildman–Crippen MR) is 110 cm³/mol. The maximum absolute atomic E-state index is 12.5. The first-order valence-electron chi connectivity index (χ1n) is 9.21. The summed E-state index contributed by atoms with van der Waals surface area (Å²) < 4.78 is 0. The fourth-order valence-corrected chi connectivity index (χ4v) is 3.10. The summed E-state index contributed by atoms with van der Waals surface area (Å²) in [6.07, 6.45) is 1.00. The summed E-state index contributed by atoms with van der Waals surface area (Å²) in [6, 6.07) is 21.4. The van der Waals surface area contributed by atoms with Crippen LogP contribution in [-0.4, -0.2) is 17.9 Å². The molecule has 4 heteroatoms. The Labute approximate surface area is 159 Å². The zero-order chi connectivity index (χ0) is 19.2. The number of anilines is 1. The number of fused-ring (bicyclic) bond motifs is 1. The third-order valence-corrected chi connectivity index (χ3v) is 4.37. The highest BCUT2D eigenvalue weighted by molar-refractivity contribution is 6.03. The van der Waals surface area contributed by atoms with E-state index in [2.05, 4.69) is 34.9 Å². The number of aryl methyl sites for hydroxylation is 1. The molecule has 3 aromatic carbocycles. The molecular formula is C23H24N2O2. The van der Waals surface area contributed by atoms with Crippen molar-refractivity contribution in [3.63, 3.8) is 0 Å². The Bertz CT molecular complexity index is 958. The van der Waals surface area contributed by atoms with Crippen molar-refractivity contribution < 1.29 is 9.59 Å². The zero-order valence-corrected chi connectivity index (χ0v) is 15.7. The topological polar surface area (TPSA) is 58.2 Å². The Morgan fingerprint density at radius 1 is 0.889 bits per heavy atom. The molecule has 0 fully saturated rings. The number of nitrogens with one attached hydrogen (secondary N) is 2. The van der Waals surface area contributed by atoms with Gasteiger partial charge in [-0.05, 0) is 48.7 Å². The lowest BCUT2D eigenvalue weighted by atomic mass is 10.0. The van der Waals surface area contributed by atoms with Crippen molar-refractivity contribution in [2.45, 2.75) is 32.7 Å². The van der Waals surface area contributed by atoms with Crippen molar-refractivity contribution in [2.75, 3.05) is 5.32 Å². The third kappa shape index (κ3) is 4.73. The molecule has 2 amide bonds. The number of carbonyl (C=O) groups is 2. The van der Waals surface area contributed by atoms with Gasteiger partial charge < -0.3 is 10.6 Å². The molecule has 0 spiro atoms. The van der Waals surface area contributed by atoms with Crippen LogP contribution < -0.4 is 10.6 Å². The van der Waals surface area contributed by atoms with Gasteiger partial charge >= 0.3 is 0 Å². The van der Waals surface area contributed by atoms with E-state index in [4.69, 9.17) is 0 Å². The minimum Gasteiger partial charge on any atom is -0.350 e. The van der Waals surface area contributed by atoms with Crippen LogP contribution >= 0.6 is 0 Å². The smallest absolute Gasteiger partial charge is 0.253 e. The first kappa shape index (κ1) is 18.6. The molecule has 0 saturated heterocycles. The van der Waals surface area contributed by atoms with Gasteiger partial charge in [0.2, 0.25) is 5.91 Å². The van der Waals surface area contributed by atoms with Crippen LogP contribution in [0.1, 0.15) is 36.2 Å². The first-order chi connectivity index (χ1) is 13.0. The largest absolute Gasteiger partial charge is 0.350 e. The Balaban J connectivity index is 1.69. The van der Waals surface area contributed by atoms with Gasteiger partial charge in [0.05, 0.1) is 11.3 Å². The SMILES string of the molecule is CC(C)NC(=O)c1ccccc1NC(=O)CCc1cccc2ccccc12. The van der Waals surface area contributed by atoms with E-state index in [9.17, 15) is 9.59 Å². The lowest BCUT2D eigenvalue weighted by molar-refractivity contribution is -0.116. The van der Waals surface area contributed by atoms with Crippen molar-refractivity contribution in [2.24, 2.45) is 0 Å². The lowest BCUT2D eigenvalue weighted by Crippen LogP contribution is -2.31. The van der Waals surface area contributed by atoms with Crippen molar-refractivity contribution in [3.8, 4) is 0 Å². The highest BCUT2D eigenvalue weighted by Crippen LogP contribution is 2.20. The highest BCUT2D eigenvalue weighted by Gasteiger charge is 2.14. The minimum absolute atomic E-state index is 0.0348. The second-order valence-electron chi connectivity index (χ2n) is 6.86. The average Bonchev–Trinajstić information content (AvgIpc) is 2.66. The number of carbonyl (C=O) groups excluding carboxylic acids is 2. The molecule has 0 aromatic heterocycles. The number of benzene rings is 3. The molecule has 0 aliphatic rings. The van der Waals surface area contributed by atoms with Crippen LogP contribution in [0.25, 0.3) is 10.8 Å². The van der Waals surface area contributed by atoms with E-state index in [0.717, 1.165) is 5.56 Å². The second kappa shape index (κ2) is 8.49. The third-order valence-electron chi connectivity index (χ3n) is 4.37. The van der Waals surface area contributed by atoms with Gasteiger partial charge in [-0.3, -0.25) is 9.59 Å². The van der Waals surface area contributed by atoms with Crippen LogP contribution in [0.5, 0.6) is 0 Å². The van der Waals surface area contributed by atoms with E-state index >= 15 is 0 Å². The second-order valence-corrected chi connectivity index (χ2v) is 6.86. The number of hydrogen-bond donors (Lipinski definition) is 2. The summed E-state index contributed by atoms with van der Waals surface area (Å²) in [4.78, 5) is 24.8. The Hall–Kier alpha value is -3.14. The fourth-order valence-electron chi connectivity index (χ4n) is 3.10. The average molecular weight is 360 g/mol. The van der Waals surface area contributed by atoms with Gasteiger partial charge in [-0.15, -0.1) is 0 Å². The van der Waals surface area contributed by atoms with Crippen molar-refractivity contribution >= 4 is 28.3 Å². The molecule has 0 saturated carbocycles. The van der Waals surface area contributed by atoms with Crippen LogP contribution in [0.3, 0.4) is 0 Å². The quantitative estimate of drug-likeness (QED) is 0.677. The van der Waals surface area contributed by atoms with Gasteiger partial charge in [-0.1, -0.05) is 54.6 Å². The van der Waals surface area contributed by atoms with E-state index < -0.39 is 0 Å². The standard InChI is InChI=1S/C23H24N2O2/c1-16(2)24-23(27)20-12-5-6-13-21(20)25-22(26)15-14-18-10-7-9-17-8-3-4-11-19(17)18/h3-13,16H,14-15H2,1-2H3,(H,24,27)(H,25,26).